The minimum Gasteiger partial charge on any atom is -0.319 e. The van der Waals surface area contributed by atoms with Gasteiger partial charge in [-0.3, -0.25) is 9.89 Å². The molecule has 0 radical (unpaired) electrons. The Hall–Kier alpha value is -2.17. The largest absolute Gasteiger partial charge is 0.319 e. The van der Waals surface area contributed by atoms with Crippen LogP contribution in [0.15, 0.2) is 36.7 Å². The van der Waals surface area contributed by atoms with Gasteiger partial charge >= 0.3 is 0 Å². The van der Waals surface area contributed by atoms with Crippen molar-refractivity contribution in [3.63, 3.8) is 0 Å². The molecule has 0 aliphatic rings. The summed E-state index contributed by atoms with van der Waals surface area (Å²) in [6.07, 6.45) is 2.96. The number of aromatic amines is 1. The number of nitrogens with one attached hydrogen (secondary N) is 2. The van der Waals surface area contributed by atoms with Crippen LogP contribution in [0.25, 0.3) is 0 Å². The Balaban J connectivity index is 2.19. The molecular weight excluding hydrogens is 197 g/mol. The Kier molecular flexibility index (Phi) is 2.45. The smallest absolute Gasteiger partial charge is 0.258 e. The first-order valence-corrected chi connectivity index (χ1v) is 4.32. The molecule has 0 saturated heterocycles. The summed E-state index contributed by atoms with van der Waals surface area (Å²) in [7, 11) is 0. The molecule has 15 heavy (non-hydrogen) atoms. The fourth-order valence-corrected chi connectivity index (χ4v) is 1.16. The van der Waals surface area contributed by atoms with E-state index in [-0.39, 0.29) is 5.56 Å². The van der Waals surface area contributed by atoms with E-state index in [0.717, 1.165) is 0 Å². The van der Waals surface area contributed by atoms with Gasteiger partial charge < -0.3 is 5.32 Å². The number of benzene rings is 1. The number of carbonyl (C=O) groups excluding carboxylic acids is 1. The van der Waals surface area contributed by atoms with E-state index in [9.17, 15) is 9.18 Å². The molecule has 0 spiro atoms. The fourth-order valence-electron chi connectivity index (χ4n) is 1.16. The molecule has 2 aromatic rings. The number of hydrogen-bond acceptors (Lipinski definition) is 2. The van der Waals surface area contributed by atoms with Gasteiger partial charge in [-0.05, 0) is 12.1 Å². The van der Waals surface area contributed by atoms with E-state index in [1.807, 2.05) is 0 Å². The number of carbonyl (C=O) groups is 1. The number of nitrogens with zero attached hydrogens (tertiary/aromatic N) is 1. The summed E-state index contributed by atoms with van der Waals surface area (Å²) >= 11 is 0. The monoisotopic (exact) mass is 205 g/mol. The minimum absolute atomic E-state index is 0.0127. The van der Waals surface area contributed by atoms with Gasteiger partial charge in [0.1, 0.15) is 5.82 Å². The van der Waals surface area contributed by atoms with E-state index in [1.165, 1.54) is 30.6 Å². The van der Waals surface area contributed by atoms with Gasteiger partial charge in [0.05, 0.1) is 17.4 Å². The van der Waals surface area contributed by atoms with Crippen LogP contribution in [-0.2, 0) is 0 Å². The van der Waals surface area contributed by atoms with Gasteiger partial charge in [0.2, 0.25) is 0 Å². The molecule has 1 aromatic carbocycles. The number of H-pyrrole nitrogens is 1. The maximum atomic E-state index is 13.2. The van der Waals surface area contributed by atoms with Crippen molar-refractivity contribution in [3.8, 4) is 0 Å². The molecule has 76 valence electrons. The van der Waals surface area contributed by atoms with Crippen LogP contribution in [0, 0.1) is 5.82 Å². The average Bonchev–Trinajstić information content (AvgIpc) is 2.71. The highest BCUT2D eigenvalue weighted by molar-refractivity contribution is 6.04. The highest BCUT2D eigenvalue weighted by Gasteiger charge is 2.10. The number of aromatic nitrogens is 2. The Morgan fingerprint density at radius 2 is 2.20 bits per heavy atom. The Bertz CT molecular complexity index is 467. The van der Waals surface area contributed by atoms with Crippen molar-refractivity contribution >= 4 is 11.6 Å². The van der Waals surface area contributed by atoms with E-state index in [0.29, 0.717) is 5.69 Å². The van der Waals surface area contributed by atoms with Crippen LogP contribution in [0.1, 0.15) is 10.4 Å². The second-order valence-electron chi connectivity index (χ2n) is 2.92. The second-order valence-corrected chi connectivity index (χ2v) is 2.92. The van der Waals surface area contributed by atoms with Crippen molar-refractivity contribution in [2.45, 2.75) is 0 Å². The average molecular weight is 205 g/mol. The maximum Gasteiger partial charge on any atom is 0.258 e. The van der Waals surface area contributed by atoms with Crippen molar-refractivity contribution in [1.29, 1.82) is 0 Å². The Morgan fingerprint density at radius 1 is 1.40 bits per heavy atom. The first kappa shape index (κ1) is 9.39. The summed E-state index contributed by atoms with van der Waals surface area (Å²) in [5.41, 5.74) is 0.516. The summed E-state index contributed by atoms with van der Waals surface area (Å²) in [5.74, 6) is -1.03. The molecule has 2 rings (SSSR count). The zero-order valence-corrected chi connectivity index (χ0v) is 7.70. The van der Waals surface area contributed by atoms with Gasteiger partial charge in [-0.2, -0.15) is 5.10 Å². The lowest BCUT2D eigenvalue weighted by Crippen LogP contribution is -2.13. The van der Waals surface area contributed by atoms with Crippen molar-refractivity contribution in [2.75, 3.05) is 5.32 Å². The topological polar surface area (TPSA) is 57.8 Å². The standard InChI is InChI=1S/C10H8FN3O/c11-9-4-2-1-3-8(9)10(15)14-7-5-12-13-6-7/h1-6H,(H,12,13)(H,14,15). The quantitative estimate of drug-likeness (QED) is 0.785. The molecular formula is C10H8FN3O. The van der Waals surface area contributed by atoms with E-state index in [4.69, 9.17) is 0 Å². The number of hydrogen-bond donors (Lipinski definition) is 2. The Labute approximate surface area is 85.1 Å². The summed E-state index contributed by atoms with van der Waals surface area (Å²) in [6.45, 7) is 0. The lowest BCUT2D eigenvalue weighted by Gasteiger charge is -2.02. The third-order valence-corrected chi connectivity index (χ3v) is 1.87. The number of rotatable bonds is 2. The molecule has 0 fully saturated rings. The lowest BCUT2D eigenvalue weighted by atomic mass is 10.2. The summed E-state index contributed by atoms with van der Waals surface area (Å²) in [5, 5.41) is 8.71. The van der Waals surface area contributed by atoms with E-state index in [1.54, 1.807) is 6.07 Å². The molecule has 5 heteroatoms. The van der Waals surface area contributed by atoms with Crippen LogP contribution in [0.4, 0.5) is 10.1 Å². The number of amides is 1. The van der Waals surface area contributed by atoms with Crippen LogP contribution < -0.4 is 5.32 Å². The normalized spacial score (nSPS) is 9.93. The maximum absolute atomic E-state index is 13.2. The van der Waals surface area contributed by atoms with Crippen LogP contribution in [0.3, 0.4) is 0 Å². The first-order chi connectivity index (χ1) is 7.27. The molecule has 0 atom stereocenters. The van der Waals surface area contributed by atoms with Crippen molar-refractivity contribution in [2.24, 2.45) is 0 Å². The number of halogens is 1. The minimum atomic E-state index is -0.543. The van der Waals surface area contributed by atoms with E-state index >= 15 is 0 Å². The molecule has 1 aromatic heterocycles. The second kappa shape index (κ2) is 3.91. The van der Waals surface area contributed by atoms with E-state index < -0.39 is 11.7 Å². The lowest BCUT2D eigenvalue weighted by molar-refractivity contribution is 0.102. The van der Waals surface area contributed by atoms with Gasteiger partial charge in [0, 0.05) is 6.20 Å². The van der Waals surface area contributed by atoms with Crippen LogP contribution in [0.2, 0.25) is 0 Å². The predicted molar refractivity (Wildman–Crippen MR) is 52.9 cm³/mol. The van der Waals surface area contributed by atoms with Gasteiger partial charge in [0.25, 0.3) is 5.91 Å². The third kappa shape index (κ3) is 2.01. The van der Waals surface area contributed by atoms with Gasteiger partial charge in [0.15, 0.2) is 0 Å². The zero-order valence-electron chi connectivity index (χ0n) is 7.70. The predicted octanol–water partition coefficient (Wildman–Crippen LogP) is 1.80. The molecule has 1 heterocycles. The SMILES string of the molecule is O=C(Nc1cn[nH]c1)c1ccccc1F. The molecule has 0 saturated carbocycles. The molecule has 4 nitrogen and oxygen atoms in total. The summed E-state index contributed by atoms with van der Waals surface area (Å²) in [6, 6.07) is 5.80. The van der Waals surface area contributed by atoms with Crippen LogP contribution in [-0.4, -0.2) is 16.1 Å². The highest BCUT2D eigenvalue weighted by Crippen LogP contribution is 2.09. The highest BCUT2D eigenvalue weighted by atomic mass is 19.1. The molecule has 0 aliphatic heterocycles. The fraction of sp³-hybridized carbons (Fsp3) is 0. The van der Waals surface area contributed by atoms with Crippen LogP contribution >= 0.6 is 0 Å². The zero-order chi connectivity index (χ0) is 10.7. The Morgan fingerprint density at radius 3 is 2.87 bits per heavy atom. The van der Waals surface area contributed by atoms with Crippen molar-refractivity contribution in [3.05, 3.63) is 48.0 Å². The van der Waals surface area contributed by atoms with Gasteiger partial charge in [-0.25, -0.2) is 4.39 Å². The van der Waals surface area contributed by atoms with Gasteiger partial charge in [-0.1, -0.05) is 12.1 Å². The number of anilines is 1. The summed E-state index contributed by atoms with van der Waals surface area (Å²) < 4.78 is 13.2. The molecule has 0 aliphatic carbocycles. The third-order valence-electron chi connectivity index (χ3n) is 1.87. The van der Waals surface area contributed by atoms with Crippen molar-refractivity contribution < 1.29 is 9.18 Å². The van der Waals surface area contributed by atoms with Crippen molar-refractivity contribution in [1.82, 2.24) is 10.2 Å². The van der Waals surface area contributed by atoms with E-state index in [2.05, 4.69) is 15.5 Å². The summed E-state index contributed by atoms with van der Waals surface area (Å²) in [4.78, 5) is 11.5. The molecule has 0 bridgehead atoms. The molecule has 1 amide bonds. The van der Waals surface area contributed by atoms with Gasteiger partial charge in [-0.15, -0.1) is 0 Å². The molecule has 0 unspecified atom stereocenters. The molecule has 2 N–H and O–H groups in total. The first-order valence-electron chi connectivity index (χ1n) is 4.32. The van der Waals surface area contributed by atoms with Crippen LogP contribution in [0.5, 0.6) is 0 Å².